The highest BCUT2D eigenvalue weighted by Gasteiger charge is 2.13. The Bertz CT molecular complexity index is 463. The Kier molecular flexibility index (Phi) is 8.69. The number of guanidine groups is 1. The van der Waals surface area contributed by atoms with Gasteiger partial charge in [0.05, 0.1) is 11.8 Å². The van der Waals surface area contributed by atoms with Gasteiger partial charge in [0.1, 0.15) is 5.76 Å². The van der Waals surface area contributed by atoms with Crippen molar-refractivity contribution >= 4 is 5.96 Å². The summed E-state index contributed by atoms with van der Waals surface area (Å²) >= 11 is 0. The Morgan fingerprint density at radius 2 is 1.96 bits per heavy atom. The number of ether oxygens (including phenoxy) is 1. The van der Waals surface area contributed by atoms with Crippen molar-refractivity contribution in [3.63, 3.8) is 0 Å². The molecule has 0 amide bonds. The highest BCUT2D eigenvalue weighted by Crippen LogP contribution is 2.12. The monoisotopic (exact) mass is 324 g/mol. The smallest absolute Gasteiger partial charge is 0.190 e. The molecule has 2 N–H and O–H groups in total. The number of aryl methyl sites for hydroxylation is 2. The minimum Gasteiger partial charge on any atom is -0.378 e. The van der Waals surface area contributed by atoms with Crippen molar-refractivity contribution in [1.29, 1.82) is 0 Å². The third kappa shape index (κ3) is 6.60. The van der Waals surface area contributed by atoms with Gasteiger partial charge in [-0.2, -0.15) is 0 Å². The number of hydrogen-bond donors (Lipinski definition) is 2. The minimum absolute atomic E-state index is 0.285. The zero-order valence-electron chi connectivity index (χ0n) is 15.4. The summed E-state index contributed by atoms with van der Waals surface area (Å²) in [6, 6.07) is 0. The Morgan fingerprint density at radius 3 is 2.48 bits per heavy atom. The fourth-order valence-corrected chi connectivity index (χ4v) is 2.54. The van der Waals surface area contributed by atoms with Crippen LogP contribution in [0, 0.1) is 19.8 Å². The molecule has 1 aromatic rings. The van der Waals surface area contributed by atoms with Crippen molar-refractivity contribution < 1.29 is 9.26 Å². The lowest BCUT2D eigenvalue weighted by Crippen LogP contribution is -2.40. The number of aromatic nitrogens is 1. The molecule has 132 valence electrons. The number of rotatable bonds is 9. The first-order valence-electron chi connectivity index (χ1n) is 8.47. The minimum atomic E-state index is 0.285. The first kappa shape index (κ1) is 19.5. The average molecular weight is 324 g/mol. The van der Waals surface area contributed by atoms with Crippen molar-refractivity contribution in [3.8, 4) is 0 Å². The molecule has 0 spiro atoms. The Labute approximate surface area is 140 Å². The van der Waals surface area contributed by atoms with E-state index in [-0.39, 0.29) is 6.10 Å². The van der Waals surface area contributed by atoms with Gasteiger partial charge in [-0.25, -0.2) is 0 Å². The topological polar surface area (TPSA) is 71.7 Å². The van der Waals surface area contributed by atoms with Crippen molar-refractivity contribution in [3.05, 3.63) is 17.0 Å². The molecule has 0 aliphatic heterocycles. The Morgan fingerprint density at radius 1 is 1.26 bits per heavy atom. The van der Waals surface area contributed by atoms with Gasteiger partial charge in [-0.3, -0.25) is 4.99 Å². The van der Waals surface area contributed by atoms with E-state index in [2.05, 4.69) is 34.6 Å². The summed E-state index contributed by atoms with van der Waals surface area (Å²) in [5.41, 5.74) is 2.13. The molecule has 0 fully saturated rings. The second kappa shape index (κ2) is 10.3. The molecule has 1 rings (SSSR count). The van der Waals surface area contributed by atoms with Crippen molar-refractivity contribution in [2.75, 3.05) is 26.7 Å². The van der Waals surface area contributed by atoms with Gasteiger partial charge in [0.25, 0.3) is 0 Å². The van der Waals surface area contributed by atoms with Gasteiger partial charge < -0.3 is 19.9 Å². The van der Waals surface area contributed by atoms with Gasteiger partial charge >= 0.3 is 0 Å². The fraction of sp³-hybridized carbons (Fsp3) is 0.765. The highest BCUT2D eigenvalue weighted by atomic mass is 16.5. The van der Waals surface area contributed by atoms with E-state index in [9.17, 15) is 0 Å². The predicted molar refractivity (Wildman–Crippen MR) is 93.9 cm³/mol. The summed E-state index contributed by atoms with van der Waals surface area (Å²) < 4.78 is 10.9. The summed E-state index contributed by atoms with van der Waals surface area (Å²) in [5.74, 6) is 2.23. The lowest BCUT2D eigenvalue weighted by Gasteiger charge is -2.21. The summed E-state index contributed by atoms with van der Waals surface area (Å²) in [4.78, 5) is 4.25. The van der Waals surface area contributed by atoms with Crippen molar-refractivity contribution in [2.45, 2.75) is 53.6 Å². The van der Waals surface area contributed by atoms with E-state index < -0.39 is 0 Å². The molecule has 0 aliphatic carbocycles. The van der Waals surface area contributed by atoms with E-state index in [1.165, 1.54) is 5.56 Å². The maximum atomic E-state index is 5.76. The van der Waals surface area contributed by atoms with Crippen LogP contribution in [0.2, 0.25) is 0 Å². The number of aliphatic imine (C=N–C) groups is 1. The lowest BCUT2D eigenvalue weighted by molar-refractivity contribution is 0.0258. The van der Waals surface area contributed by atoms with E-state index >= 15 is 0 Å². The zero-order chi connectivity index (χ0) is 17.2. The second-order valence-electron chi connectivity index (χ2n) is 6.00. The van der Waals surface area contributed by atoms with Gasteiger partial charge in [0.2, 0.25) is 0 Å². The molecule has 23 heavy (non-hydrogen) atoms. The van der Waals surface area contributed by atoms with Crippen LogP contribution in [-0.4, -0.2) is 44.0 Å². The quantitative estimate of drug-likeness (QED) is 0.539. The van der Waals surface area contributed by atoms with Crippen LogP contribution in [0.25, 0.3) is 0 Å². The highest BCUT2D eigenvalue weighted by molar-refractivity contribution is 5.79. The van der Waals surface area contributed by atoms with Crippen LogP contribution in [-0.2, 0) is 11.2 Å². The molecule has 1 unspecified atom stereocenters. The van der Waals surface area contributed by atoms with Crippen LogP contribution in [0.5, 0.6) is 0 Å². The van der Waals surface area contributed by atoms with E-state index in [1.807, 2.05) is 20.8 Å². The van der Waals surface area contributed by atoms with Gasteiger partial charge in [0, 0.05) is 32.3 Å². The van der Waals surface area contributed by atoms with Crippen LogP contribution in [0.3, 0.4) is 0 Å². The third-order valence-corrected chi connectivity index (χ3v) is 3.92. The van der Waals surface area contributed by atoms with E-state index in [1.54, 1.807) is 7.05 Å². The summed E-state index contributed by atoms with van der Waals surface area (Å²) in [5, 5.41) is 10.6. The molecule has 0 aliphatic rings. The molecule has 1 atom stereocenters. The van der Waals surface area contributed by atoms with E-state index in [0.717, 1.165) is 50.0 Å². The third-order valence-electron chi connectivity index (χ3n) is 3.92. The summed E-state index contributed by atoms with van der Waals surface area (Å²) in [6.45, 7) is 12.7. The molecule has 0 aromatic carbocycles. The fourth-order valence-electron chi connectivity index (χ4n) is 2.54. The Balaban J connectivity index is 2.32. The van der Waals surface area contributed by atoms with Gasteiger partial charge in [0.15, 0.2) is 5.96 Å². The predicted octanol–water partition coefficient (Wildman–Crippen LogP) is 2.45. The zero-order valence-corrected chi connectivity index (χ0v) is 15.4. The largest absolute Gasteiger partial charge is 0.378 e. The van der Waals surface area contributed by atoms with Crippen LogP contribution >= 0.6 is 0 Å². The van der Waals surface area contributed by atoms with Gasteiger partial charge in [-0.05, 0) is 39.5 Å². The molecule has 1 aromatic heterocycles. The Hall–Kier alpha value is -1.56. The van der Waals surface area contributed by atoms with Crippen LogP contribution < -0.4 is 10.6 Å². The standard InChI is InChI=1S/C17H32N4O2/c1-7-22-16(12(2)3)9-11-20-17(18-6)19-10-8-15-13(4)21-23-14(15)5/h12,16H,7-11H2,1-6H3,(H2,18,19,20). The van der Waals surface area contributed by atoms with E-state index in [0.29, 0.717) is 5.92 Å². The maximum absolute atomic E-state index is 5.76. The molecule has 0 radical (unpaired) electrons. The van der Waals surface area contributed by atoms with Crippen LogP contribution in [0.15, 0.2) is 9.52 Å². The molecule has 0 bridgehead atoms. The number of nitrogens with zero attached hydrogens (tertiary/aromatic N) is 2. The van der Waals surface area contributed by atoms with Crippen LogP contribution in [0.4, 0.5) is 0 Å². The van der Waals surface area contributed by atoms with Gasteiger partial charge in [-0.1, -0.05) is 19.0 Å². The van der Waals surface area contributed by atoms with Crippen molar-refractivity contribution in [1.82, 2.24) is 15.8 Å². The summed E-state index contributed by atoms with van der Waals surface area (Å²) in [7, 11) is 1.79. The molecule has 0 saturated carbocycles. The van der Waals surface area contributed by atoms with Crippen LogP contribution in [0.1, 0.15) is 44.2 Å². The average Bonchev–Trinajstić information content (AvgIpc) is 2.83. The maximum Gasteiger partial charge on any atom is 0.190 e. The molecule has 1 heterocycles. The number of nitrogens with one attached hydrogen (secondary N) is 2. The second-order valence-corrected chi connectivity index (χ2v) is 6.00. The molecule has 6 nitrogen and oxygen atoms in total. The summed E-state index contributed by atoms with van der Waals surface area (Å²) in [6.07, 6.45) is 2.12. The molecule has 6 heteroatoms. The number of hydrogen-bond acceptors (Lipinski definition) is 4. The van der Waals surface area contributed by atoms with Gasteiger partial charge in [-0.15, -0.1) is 0 Å². The SMILES string of the molecule is CCOC(CCNC(=NC)NCCc1c(C)noc1C)C(C)C. The lowest BCUT2D eigenvalue weighted by atomic mass is 10.0. The molecular formula is C17H32N4O2. The van der Waals surface area contributed by atoms with E-state index in [4.69, 9.17) is 9.26 Å². The molecule has 0 saturated heterocycles. The molecular weight excluding hydrogens is 292 g/mol. The first-order chi connectivity index (χ1) is 11.0. The first-order valence-corrected chi connectivity index (χ1v) is 8.47. The normalized spacial score (nSPS) is 13.4. The van der Waals surface area contributed by atoms with Crippen molar-refractivity contribution in [2.24, 2.45) is 10.9 Å².